The van der Waals surface area contributed by atoms with Gasteiger partial charge in [0.05, 0.1) is 30.3 Å². The third kappa shape index (κ3) is 15.1. The lowest BCUT2D eigenvalue weighted by atomic mass is 9.66. The average Bonchev–Trinajstić information content (AvgIpc) is 3.13. The molecule has 0 aliphatic heterocycles. The van der Waals surface area contributed by atoms with E-state index >= 15 is 0 Å². The van der Waals surface area contributed by atoms with Crippen molar-refractivity contribution in [1.82, 2.24) is 0 Å². The predicted molar refractivity (Wildman–Crippen MR) is 203 cm³/mol. The molecule has 0 heterocycles. The van der Waals surface area contributed by atoms with E-state index in [1.807, 2.05) is 0 Å². The van der Waals surface area contributed by atoms with Gasteiger partial charge in [-0.2, -0.15) is 5.26 Å². The van der Waals surface area contributed by atoms with Crippen LogP contribution in [0.1, 0.15) is 154 Å². The van der Waals surface area contributed by atoms with Crippen LogP contribution in [0, 0.1) is 16.7 Å². The van der Waals surface area contributed by atoms with Crippen LogP contribution in [0.2, 0.25) is 0 Å². The number of benzene rings is 2. The molecule has 3 rings (SSSR count). The van der Waals surface area contributed by atoms with E-state index in [2.05, 4.69) is 82.0 Å². The molecule has 0 aromatic heterocycles. The van der Waals surface area contributed by atoms with Crippen LogP contribution >= 0.6 is 0 Å². The van der Waals surface area contributed by atoms with Crippen molar-refractivity contribution in [1.29, 1.82) is 5.26 Å². The molecule has 4 unspecified atom stereocenters. The van der Waals surface area contributed by atoms with Crippen molar-refractivity contribution < 1.29 is 19.0 Å². The lowest BCUT2D eigenvalue weighted by Crippen LogP contribution is -2.31. The summed E-state index contributed by atoms with van der Waals surface area (Å²) in [7, 11) is 0. The summed E-state index contributed by atoms with van der Waals surface area (Å²) in [6.07, 6.45) is 22.9. The first-order chi connectivity index (χ1) is 23.9. The SMILES string of the molecule is C=CC(=O)OCCCCCCCCCCCOC(C)CC1(C#N)CCCC(c2ccc(-c3ccc(OC(CCC)CCCC)cc3)cc2)C1. The van der Waals surface area contributed by atoms with Gasteiger partial charge in [0.1, 0.15) is 5.75 Å². The van der Waals surface area contributed by atoms with Gasteiger partial charge in [-0.25, -0.2) is 4.79 Å². The zero-order valence-corrected chi connectivity index (χ0v) is 31.1. The number of esters is 1. The third-order valence-electron chi connectivity index (χ3n) is 10.2. The van der Waals surface area contributed by atoms with Crippen LogP contribution in [0.15, 0.2) is 61.2 Å². The van der Waals surface area contributed by atoms with Gasteiger partial charge in [0.15, 0.2) is 0 Å². The molecule has 2 aromatic carbocycles. The topological polar surface area (TPSA) is 68.5 Å². The quantitative estimate of drug-likeness (QED) is 0.0597. The van der Waals surface area contributed by atoms with Crippen LogP contribution in [0.5, 0.6) is 5.75 Å². The first kappa shape index (κ1) is 40.3. The highest BCUT2D eigenvalue weighted by Crippen LogP contribution is 2.47. The summed E-state index contributed by atoms with van der Waals surface area (Å²) in [6, 6.07) is 20.4. The molecule has 0 bridgehead atoms. The molecule has 5 heteroatoms. The van der Waals surface area contributed by atoms with Crippen LogP contribution < -0.4 is 4.74 Å². The maximum absolute atomic E-state index is 11.0. The predicted octanol–water partition coefficient (Wildman–Crippen LogP) is 12.3. The second-order valence-corrected chi connectivity index (χ2v) is 14.4. The smallest absolute Gasteiger partial charge is 0.330 e. The van der Waals surface area contributed by atoms with Gasteiger partial charge in [-0.15, -0.1) is 0 Å². The summed E-state index contributed by atoms with van der Waals surface area (Å²) in [4.78, 5) is 11.0. The fourth-order valence-corrected chi connectivity index (χ4v) is 7.43. The molecule has 1 fully saturated rings. The number of rotatable bonds is 25. The highest BCUT2D eigenvalue weighted by Gasteiger charge is 2.38. The van der Waals surface area contributed by atoms with Crippen molar-refractivity contribution in [3.05, 3.63) is 66.7 Å². The number of hydrogen-bond acceptors (Lipinski definition) is 5. The number of nitriles is 1. The fraction of sp³-hybridized carbons (Fsp3) is 0.636. The normalized spacial score (nSPS) is 18.7. The zero-order chi connectivity index (χ0) is 35.2. The Morgan fingerprint density at radius 1 is 0.878 bits per heavy atom. The molecule has 1 saturated carbocycles. The van der Waals surface area contributed by atoms with E-state index in [1.54, 1.807) is 0 Å². The number of hydrogen-bond donors (Lipinski definition) is 0. The first-order valence-electron chi connectivity index (χ1n) is 19.6. The minimum atomic E-state index is -0.328. The Balaban J connectivity index is 1.36. The van der Waals surface area contributed by atoms with E-state index in [9.17, 15) is 10.1 Å². The van der Waals surface area contributed by atoms with Gasteiger partial charge in [0.2, 0.25) is 0 Å². The molecular weight excluding hydrogens is 606 g/mol. The second-order valence-electron chi connectivity index (χ2n) is 14.4. The van der Waals surface area contributed by atoms with Crippen LogP contribution in [0.3, 0.4) is 0 Å². The Morgan fingerprint density at radius 2 is 1.49 bits per heavy atom. The first-order valence-corrected chi connectivity index (χ1v) is 19.6. The minimum absolute atomic E-state index is 0.0994. The average molecular weight is 672 g/mol. The van der Waals surface area contributed by atoms with Crippen LogP contribution in [-0.2, 0) is 14.3 Å². The van der Waals surface area contributed by atoms with Gasteiger partial charge in [0, 0.05) is 12.7 Å². The molecule has 0 spiro atoms. The molecule has 4 atom stereocenters. The molecule has 49 heavy (non-hydrogen) atoms. The van der Waals surface area contributed by atoms with E-state index in [4.69, 9.17) is 14.2 Å². The molecular formula is C44H65NO4. The minimum Gasteiger partial charge on any atom is -0.490 e. The van der Waals surface area contributed by atoms with Gasteiger partial charge >= 0.3 is 5.97 Å². The Bertz CT molecular complexity index is 1230. The van der Waals surface area contributed by atoms with Crippen molar-refractivity contribution >= 4 is 5.97 Å². The van der Waals surface area contributed by atoms with Crippen LogP contribution in [0.4, 0.5) is 0 Å². The Labute approximate surface area is 298 Å². The Hall–Kier alpha value is -3.10. The van der Waals surface area contributed by atoms with Crippen LogP contribution in [0.25, 0.3) is 11.1 Å². The molecule has 1 aliphatic rings. The Kier molecular flexibility index (Phi) is 19.2. The lowest BCUT2D eigenvalue weighted by Gasteiger charge is -2.37. The second kappa shape index (κ2) is 23.3. The molecule has 5 nitrogen and oxygen atoms in total. The van der Waals surface area contributed by atoms with Crippen molar-refractivity contribution in [2.75, 3.05) is 13.2 Å². The van der Waals surface area contributed by atoms with Crippen molar-refractivity contribution in [2.45, 2.75) is 161 Å². The van der Waals surface area contributed by atoms with Crippen LogP contribution in [-0.4, -0.2) is 31.4 Å². The van der Waals surface area contributed by atoms with E-state index in [0.29, 0.717) is 18.6 Å². The van der Waals surface area contributed by atoms with E-state index in [-0.39, 0.29) is 17.5 Å². The lowest BCUT2D eigenvalue weighted by molar-refractivity contribution is -0.137. The zero-order valence-electron chi connectivity index (χ0n) is 31.1. The van der Waals surface area contributed by atoms with Gasteiger partial charge in [-0.05, 0) is 93.0 Å². The number of carbonyl (C=O) groups is 1. The molecule has 1 aliphatic carbocycles. The van der Waals surface area contributed by atoms with E-state index in [1.165, 1.54) is 74.1 Å². The summed E-state index contributed by atoms with van der Waals surface area (Å²) < 4.78 is 17.6. The molecule has 270 valence electrons. The molecule has 0 saturated heterocycles. The van der Waals surface area contributed by atoms with Gasteiger partial charge < -0.3 is 14.2 Å². The number of ether oxygens (including phenoxy) is 3. The number of nitrogens with zero attached hydrogens (tertiary/aromatic N) is 1. The summed E-state index contributed by atoms with van der Waals surface area (Å²) in [5, 5.41) is 10.4. The van der Waals surface area contributed by atoms with E-state index < -0.39 is 0 Å². The number of unbranched alkanes of at least 4 members (excludes halogenated alkanes) is 9. The monoisotopic (exact) mass is 671 g/mol. The standard InChI is InChI=1S/C44H65NO4/c1-5-8-21-41(19-6-2)49-42-28-26-38(27-29-42)37-22-24-39(25-23-37)40-20-18-30-44(34-40,35-45)33-36(4)47-31-16-14-12-10-9-11-13-15-17-32-48-43(46)7-3/h7,22-29,36,40-41H,3,5-6,8-21,30-34H2,1-2,4H3. The molecule has 0 amide bonds. The summed E-state index contributed by atoms with van der Waals surface area (Å²) in [5.74, 6) is 1.05. The van der Waals surface area contributed by atoms with Crippen molar-refractivity contribution in [3.8, 4) is 22.9 Å². The fourth-order valence-electron chi connectivity index (χ4n) is 7.43. The van der Waals surface area contributed by atoms with Gasteiger partial charge in [-0.3, -0.25) is 0 Å². The summed E-state index contributed by atoms with van der Waals surface area (Å²) in [5.41, 5.74) is 3.47. The highest BCUT2D eigenvalue weighted by molar-refractivity contribution is 5.81. The molecule has 0 radical (unpaired) electrons. The van der Waals surface area contributed by atoms with E-state index in [0.717, 1.165) is 83.0 Å². The highest BCUT2D eigenvalue weighted by atomic mass is 16.5. The van der Waals surface area contributed by atoms with Gasteiger partial charge in [0.25, 0.3) is 0 Å². The summed E-state index contributed by atoms with van der Waals surface area (Å²) in [6.45, 7) is 11.3. The Morgan fingerprint density at radius 3 is 2.08 bits per heavy atom. The van der Waals surface area contributed by atoms with Crippen molar-refractivity contribution in [2.24, 2.45) is 5.41 Å². The number of carbonyl (C=O) groups excluding carboxylic acids is 1. The maximum Gasteiger partial charge on any atom is 0.330 e. The summed E-state index contributed by atoms with van der Waals surface area (Å²) >= 11 is 0. The molecule has 0 N–H and O–H groups in total. The van der Waals surface area contributed by atoms with Gasteiger partial charge in [-0.1, -0.05) is 127 Å². The molecule has 2 aromatic rings. The largest absolute Gasteiger partial charge is 0.490 e. The maximum atomic E-state index is 11.0. The van der Waals surface area contributed by atoms with Crippen molar-refractivity contribution in [3.63, 3.8) is 0 Å². The third-order valence-corrected chi connectivity index (χ3v) is 10.2.